The number of likely N-dealkylation sites (tertiary alicyclic amines) is 2. The van der Waals surface area contributed by atoms with Crippen molar-refractivity contribution in [2.45, 2.75) is 31.7 Å². The van der Waals surface area contributed by atoms with Crippen molar-refractivity contribution < 1.29 is 14.3 Å². The topological polar surface area (TPSA) is 80.6 Å². The third kappa shape index (κ3) is 4.75. The van der Waals surface area contributed by atoms with Crippen LogP contribution in [0.4, 0.5) is 0 Å². The van der Waals surface area contributed by atoms with Crippen LogP contribution >= 0.6 is 0 Å². The Hall–Kier alpha value is -2.90. The van der Waals surface area contributed by atoms with Gasteiger partial charge in [-0.25, -0.2) is 9.67 Å². The Kier molecular flexibility index (Phi) is 6.07. The number of aromatic nitrogens is 3. The van der Waals surface area contributed by atoms with Crippen molar-refractivity contribution in [3.8, 4) is 5.75 Å². The molecule has 4 rings (SSSR count). The van der Waals surface area contributed by atoms with Gasteiger partial charge in [0.05, 0.1) is 6.04 Å². The third-order valence-electron chi connectivity index (χ3n) is 5.82. The van der Waals surface area contributed by atoms with Crippen LogP contribution in [-0.4, -0.2) is 69.2 Å². The van der Waals surface area contributed by atoms with Gasteiger partial charge in [-0.15, -0.1) is 0 Å². The summed E-state index contributed by atoms with van der Waals surface area (Å²) in [5, 5.41) is 4.23. The maximum Gasteiger partial charge on any atom is 0.260 e. The van der Waals surface area contributed by atoms with Crippen molar-refractivity contribution in [3.05, 3.63) is 43.0 Å². The molecule has 2 aliphatic heterocycles. The minimum Gasteiger partial charge on any atom is -0.484 e. The molecule has 2 amide bonds. The number of hydrogen-bond acceptors (Lipinski definition) is 5. The average molecular weight is 397 g/mol. The van der Waals surface area contributed by atoms with E-state index in [9.17, 15) is 9.59 Å². The molecule has 2 fully saturated rings. The Bertz CT molecular complexity index is 803. The van der Waals surface area contributed by atoms with E-state index >= 15 is 0 Å². The molecule has 0 N–H and O–H groups in total. The summed E-state index contributed by atoms with van der Waals surface area (Å²) in [5.74, 6) is 0.868. The Morgan fingerprint density at radius 2 is 1.83 bits per heavy atom. The molecule has 2 saturated heterocycles. The summed E-state index contributed by atoms with van der Waals surface area (Å²) < 4.78 is 7.41. The van der Waals surface area contributed by atoms with E-state index in [4.69, 9.17) is 4.74 Å². The van der Waals surface area contributed by atoms with E-state index in [1.54, 1.807) is 11.2 Å². The summed E-state index contributed by atoms with van der Waals surface area (Å²) in [6.45, 7) is 2.73. The number of amides is 2. The summed E-state index contributed by atoms with van der Waals surface area (Å²) in [4.78, 5) is 33.2. The maximum atomic E-state index is 13.0. The molecule has 1 aromatic heterocycles. The molecule has 1 aromatic carbocycles. The van der Waals surface area contributed by atoms with Crippen molar-refractivity contribution in [2.75, 3.05) is 32.8 Å². The summed E-state index contributed by atoms with van der Waals surface area (Å²) in [7, 11) is 0. The molecule has 154 valence electrons. The fourth-order valence-corrected chi connectivity index (χ4v) is 4.16. The second-order valence-corrected chi connectivity index (χ2v) is 7.71. The highest BCUT2D eigenvalue weighted by atomic mass is 16.5. The van der Waals surface area contributed by atoms with Gasteiger partial charge in [0.25, 0.3) is 5.91 Å². The van der Waals surface area contributed by atoms with Gasteiger partial charge >= 0.3 is 0 Å². The molecule has 2 aromatic rings. The molecule has 3 heterocycles. The van der Waals surface area contributed by atoms with Crippen LogP contribution in [0, 0.1) is 5.92 Å². The van der Waals surface area contributed by atoms with E-state index in [1.807, 2.05) is 39.9 Å². The van der Waals surface area contributed by atoms with Crippen LogP contribution in [-0.2, 0) is 9.59 Å². The highest BCUT2D eigenvalue weighted by molar-refractivity contribution is 5.80. The zero-order valence-electron chi connectivity index (χ0n) is 16.5. The van der Waals surface area contributed by atoms with Gasteiger partial charge in [-0.1, -0.05) is 18.2 Å². The van der Waals surface area contributed by atoms with Crippen molar-refractivity contribution in [1.29, 1.82) is 0 Å². The lowest BCUT2D eigenvalue weighted by molar-refractivity contribution is -0.142. The average Bonchev–Trinajstić information content (AvgIpc) is 3.33. The number of para-hydroxylation sites is 1. The van der Waals surface area contributed by atoms with Crippen LogP contribution < -0.4 is 4.74 Å². The number of carbonyl (C=O) groups excluding carboxylic acids is 2. The summed E-state index contributed by atoms with van der Waals surface area (Å²) >= 11 is 0. The van der Waals surface area contributed by atoms with E-state index in [0.29, 0.717) is 38.2 Å². The van der Waals surface area contributed by atoms with E-state index < -0.39 is 0 Å². The van der Waals surface area contributed by atoms with Crippen molar-refractivity contribution >= 4 is 11.8 Å². The first kappa shape index (κ1) is 19.4. The Morgan fingerprint density at radius 3 is 2.55 bits per heavy atom. The number of benzene rings is 1. The van der Waals surface area contributed by atoms with Gasteiger partial charge in [0, 0.05) is 32.1 Å². The van der Waals surface area contributed by atoms with E-state index in [0.717, 1.165) is 19.4 Å². The van der Waals surface area contributed by atoms with Gasteiger partial charge in [-0.2, -0.15) is 5.10 Å². The molecule has 2 aliphatic rings. The first-order chi connectivity index (χ1) is 14.2. The van der Waals surface area contributed by atoms with Crippen LogP contribution in [0.3, 0.4) is 0 Å². The number of nitrogens with zero attached hydrogens (tertiary/aromatic N) is 5. The maximum absolute atomic E-state index is 13.0. The van der Waals surface area contributed by atoms with Crippen LogP contribution in [0.25, 0.3) is 0 Å². The predicted octanol–water partition coefficient (Wildman–Crippen LogP) is 1.76. The van der Waals surface area contributed by atoms with Crippen molar-refractivity contribution in [1.82, 2.24) is 24.6 Å². The largest absolute Gasteiger partial charge is 0.484 e. The highest BCUT2D eigenvalue weighted by Gasteiger charge is 2.33. The monoisotopic (exact) mass is 397 g/mol. The van der Waals surface area contributed by atoms with Crippen LogP contribution in [0.1, 0.15) is 31.7 Å². The van der Waals surface area contributed by atoms with Crippen molar-refractivity contribution in [3.63, 3.8) is 0 Å². The van der Waals surface area contributed by atoms with E-state index in [1.165, 1.54) is 6.33 Å². The molecule has 1 atom stereocenters. The molecule has 1 unspecified atom stereocenters. The summed E-state index contributed by atoms with van der Waals surface area (Å²) in [6.07, 6.45) is 6.67. The van der Waals surface area contributed by atoms with Crippen LogP contribution in [0.5, 0.6) is 5.75 Å². The molecular weight excluding hydrogens is 370 g/mol. The Morgan fingerprint density at radius 1 is 1.03 bits per heavy atom. The lowest BCUT2D eigenvalue weighted by Crippen LogP contribution is -2.48. The number of hydrogen-bond donors (Lipinski definition) is 0. The normalized spacial score (nSPS) is 20.5. The van der Waals surface area contributed by atoms with Crippen LogP contribution in [0.2, 0.25) is 0 Å². The fraction of sp³-hybridized carbons (Fsp3) is 0.524. The van der Waals surface area contributed by atoms with E-state index in [-0.39, 0.29) is 30.4 Å². The molecule has 29 heavy (non-hydrogen) atoms. The zero-order chi connectivity index (χ0) is 20.1. The molecule has 0 radical (unpaired) electrons. The molecule has 0 saturated carbocycles. The van der Waals surface area contributed by atoms with Gasteiger partial charge in [0.15, 0.2) is 6.61 Å². The first-order valence-electron chi connectivity index (χ1n) is 10.3. The fourth-order valence-electron chi connectivity index (χ4n) is 4.16. The molecule has 0 aliphatic carbocycles. The predicted molar refractivity (Wildman–Crippen MR) is 106 cm³/mol. The Labute approximate surface area is 170 Å². The molecule has 8 heteroatoms. The van der Waals surface area contributed by atoms with Gasteiger partial charge in [0.2, 0.25) is 5.91 Å². The molecule has 0 bridgehead atoms. The lowest BCUT2D eigenvalue weighted by atomic mass is 9.93. The van der Waals surface area contributed by atoms with Gasteiger partial charge in [-0.3, -0.25) is 9.59 Å². The summed E-state index contributed by atoms with van der Waals surface area (Å²) in [5.41, 5.74) is 0. The standard InChI is InChI=1S/C21H27N5O3/c27-20(14-29-19-6-2-1-3-7-19)24-11-8-17(9-12-24)21(28)25-10-4-5-18(13-25)26-16-22-15-23-26/h1-3,6-7,15-18H,4-5,8-14H2. The quantitative estimate of drug-likeness (QED) is 0.768. The smallest absolute Gasteiger partial charge is 0.260 e. The third-order valence-corrected chi connectivity index (χ3v) is 5.82. The van der Waals surface area contributed by atoms with E-state index in [2.05, 4.69) is 10.1 Å². The minimum absolute atomic E-state index is 0.0106. The molecular formula is C21H27N5O3. The van der Waals surface area contributed by atoms with Crippen molar-refractivity contribution in [2.24, 2.45) is 5.92 Å². The molecule has 8 nitrogen and oxygen atoms in total. The number of ether oxygens (including phenoxy) is 1. The first-order valence-corrected chi connectivity index (χ1v) is 10.3. The second-order valence-electron chi connectivity index (χ2n) is 7.71. The highest BCUT2D eigenvalue weighted by Crippen LogP contribution is 2.25. The van der Waals surface area contributed by atoms with Gasteiger partial charge in [0.1, 0.15) is 18.4 Å². The zero-order valence-corrected chi connectivity index (χ0v) is 16.5. The SMILES string of the molecule is O=C(COc1ccccc1)N1CCC(C(=O)N2CCCC(n3cncn3)C2)CC1. The number of rotatable bonds is 5. The summed E-state index contributed by atoms with van der Waals surface area (Å²) in [6, 6.07) is 9.54. The molecule has 0 spiro atoms. The van der Waals surface area contributed by atoms with Gasteiger partial charge in [-0.05, 0) is 37.8 Å². The Balaban J connectivity index is 1.24. The van der Waals surface area contributed by atoms with Crippen LogP contribution in [0.15, 0.2) is 43.0 Å². The second kappa shape index (κ2) is 9.07. The minimum atomic E-state index is -0.0241. The van der Waals surface area contributed by atoms with Gasteiger partial charge < -0.3 is 14.5 Å². The lowest BCUT2D eigenvalue weighted by Gasteiger charge is -2.37. The number of piperidine rings is 2. The number of carbonyl (C=O) groups is 2.